The smallest absolute Gasteiger partial charge is 0.238 e. The van der Waals surface area contributed by atoms with Crippen LogP contribution < -0.4 is 15.4 Å². The van der Waals surface area contributed by atoms with Gasteiger partial charge in [0.25, 0.3) is 0 Å². The van der Waals surface area contributed by atoms with Gasteiger partial charge >= 0.3 is 0 Å². The second-order valence-corrected chi connectivity index (χ2v) is 9.75. The maximum Gasteiger partial charge on any atom is 0.238 e. The summed E-state index contributed by atoms with van der Waals surface area (Å²) in [6, 6.07) is 11.8. The number of carbonyl (C=O) groups excluding carboxylic acids is 1. The van der Waals surface area contributed by atoms with E-state index in [0.717, 1.165) is 99.0 Å². The zero-order valence-corrected chi connectivity index (χ0v) is 22.3. The lowest BCUT2D eigenvalue weighted by atomic mass is 10.0. The van der Waals surface area contributed by atoms with Crippen molar-refractivity contribution in [3.8, 4) is 17.0 Å². The molecular weight excluding hydrogens is 482 g/mol. The van der Waals surface area contributed by atoms with Crippen molar-refractivity contribution in [2.24, 2.45) is 0 Å². The number of hydrogen-bond donors (Lipinski definition) is 2. The molecule has 3 aromatic rings. The molecule has 3 heterocycles. The normalized spacial score (nSPS) is 17.4. The number of hydrogen-bond acceptors (Lipinski definition) is 9. The van der Waals surface area contributed by atoms with Crippen LogP contribution in [0, 0.1) is 0 Å². The Kier molecular flexibility index (Phi) is 8.65. The molecule has 2 aliphatic rings. The Morgan fingerprint density at radius 3 is 2.45 bits per heavy atom. The Bertz CT molecular complexity index is 1240. The second-order valence-electron chi connectivity index (χ2n) is 9.75. The van der Waals surface area contributed by atoms with E-state index in [0.29, 0.717) is 12.5 Å². The van der Waals surface area contributed by atoms with E-state index in [4.69, 9.17) is 9.47 Å². The number of ether oxygens (including phenoxy) is 2. The molecule has 2 aromatic carbocycles. The summed E-state index contributed by atoms with van der Waals surface area (Å²) >= 11 is 0. The Labute approximate surface area is 223 Å². The van der Waals surface area contributed by atoms with Crippen LogP contribution in [0.15, 0.2) is 42.6 Å². The average molecular weight is 520 g/mol. The molecule has 10 heteroatoms. The molecule has 0 spiro atoms. The fourth-order valence-electron chi connectivity index (χ4n) is 5.03. The number of aromatic nitrogens is 2. The van der Waals surface area contributed by atoms with E-state index < -0.39 is 0 Å². The van der Waals surface area contributed by atoms with Crippen molar-refractivity contribution < 1.29 is 14.3 Å². The van der Waals surface area contributed by atoms with Crippen LogP contribution >= 0.6 is 0 Å². The first-order valence-corrected chi connectivity index (χ1v) is 13.3. The van der Waals surface area contributed by atoms with Crippen molar-refractivity contribution >= 4 is 28.3 Å². The van der Waals surface area contributed by atoms with Crippen molar-refractivity contribution in [3.63, 3.8) is 0 Å². The third-order valence-corrected chi connectivity index (χ3v) is 7.28. The Morgan fingerprint density at radius 2 is 1.71 bits per heavy atom. The number of morpholine rings is 1. The Balaban J connectivity index is 1.24. The maximum absolute atomic E-state index is 13.2. The Hall–Kier alpha value is -3.31. The molecule has 5 rings (SSSR count). The molecule has 0 saturated carbocycles. The van der Waals surface area contributed by atoms with E-state index in [1.54, 1.807) is 20.4 Å². The van der Waals surface area contributed by atoms with Crippen molar-refractivity contribution in [2.75, 3.05) is 96.9 Å². The van der Waals surface area contributed by atoms with Crippen molar-refractivity contribution in [1.29, 1.82) is 0 Å². The zero-order chi connectivity index (χ0) is 26.3. The molecule has 0 atom stereocenters. The molecule has 0 bridgehead atoms. The highest BCUT2D eigenvalue weighted by Gasteiger charge is 2.21. The van der Waals surface area contributed by atoms with Crippen LogP contribution in [0.4, 0.5) is 11.6 Å². The van der Waals surface area contributed by atoms with Gasteiger partial charge in [0.05, 0.1) is 32.6 Å². The lowest BCUT2D eigenvalue weighted by molar-refractivity contribution is -0.117. The van der Waals surface area contributed by atoms with Crippen LogP contribution in [-0.2, 0) is 9.53 Å². The van der Waals surface area contributed by atoms with Crippen LogP contribution in [0.3, 0.4) is 0 Å². The number of fused-ring (bicyclic) bond motifs is 1. The van der Waals surface area contributed by atoms with Gasteiger partial charge in [-0.05, 0) is 35.7 Å². The van der Waals surface area contributed by atoms with Crippen LogP contribution in [-0.4, -0.2) is 117 Å². The molecule has 1 amide bonds. The third kappa shape index (κ3) is 6.57. The van der Waals surface area contributed by atoms with Gasteiger partial charge in [-0.1, -0.05) is 6.07 Å². The summed E-state index contributed by atoms with van der Waals surface area (Å²) < 4.78 is 10.9. The fourth-order valence-corrected chi connectivity index (χ4v) is 5.03. The number of nitrogens with one attached hydrogen (secondary N) is 2. The molecule has 1 aromatic heterocycles. The van der Waals surface area contributed by atoms with Gasteiger partial charge in [-0.3, -0.25) is 19.5 Å². The van der Waals surface area contributed by atoms with Gasteiger partial charge in [-0.25, -0.2) is 9.97 Å². The first kappa shape index (κ1) is 26.3. The molecular formula is C28H37N7O3. The minimum atomic E-state index is -0.0216. The number of amides is 1. The highest BCUT2D eigenvalue weighted by atomic mass is 16.5. The highest BCUT2D eigenvalue weighted by Crippen LogP contribution is 2.33. The number of nitrogens with zero attached hydrogens (tertiary/aromatic N) is 5. The van der Waals surface area contributed by atoms with Crippen molar-refractivity contribution in [3.05, 3.63) is 42.6 Å². The summed E-state index contributed by atoms with van der Waals surface area (Å²) in [6.07, 6.45) is 1.73. The van der Waals surface area contributed by atoms with E-state index in [2.05, 4.69) is 41.4 Å². The fraction of sp³-hybridized carbons (Fsp3) is 0.464. The molecule has 2 fully saturated rings. The molecule has 2 saturated heterocycles. The zero-order valence-electron chi connectivity index (χ0n) is 22.3. The Morgan fingerprint density at radius 1 is 0.974 bits per heavy atom. The summed E-state index contributed by atoms with van der Waals surface area (Å²) in [5.74, 6) is 1.27. The predicted molar refractivity (Wildman–Crippen MR) is 150 cm³/mol. The molecule has 202 valence electrons. The molecule has 38 heavy (non-hydrogen) atoms. The van der Waals surface area contributed by atoms with Gasteiger partial charge in [0.2, 0.25) is 11.9 Å². The van der Waals surface area contributed by atoms with E-state index in [1.165, 1.54) is 0 Å². The van der Waals surface area contributed by atoms with Gasteiger partial charge in [0.15, 0.2) is 0 Å². The standard InChI is InChI=1S/C28H37N7O3/c1-29-28-30-6-5-25(32-28)22-17-21-3-4-23(37-2)19-24(21)26(18-22)31-27(36)20-35-11-9-33(10-12-35)7-8-34-13-15-38-16-14-34/h3-6,17-19H,7-16,20H2,1-2H3,(H,31,36)(H,29,30,32). The largest absolute Gasteiger partial charge is 0.497 e. The lowest BCUT2D eigenvalue weighted by Crippen LogP contribution is -2.50. The first-order chi connectivity index (χ1) is 18.6. The summed E-state index contributed by atoms with van der Waals surface area (Å²) in [7, 11) is 3.44. The van der Waals surface area contributed by atoms with Crippen LogP contribution in [0.25, 0.3) is 22.0 Å². The number of benzene rings is 2. The highest BCUT2D eigenvalue weighted by molar-refractivity contribution is 6.05. The number of rotatable bonds is 9. The molecule has 0 aliphatic carbocycles. The van der Waals surface area contributed by atoms with Gasteiger partial charge < -0.3 is 20.1 Å². The van der Waals surface area contributed by atoms with Crippen molar-refractivity contribution in [1.82, 2.24) is 24.7 Å². The number of methoxy groups -OCH3 is 1. The van der Waals surface area contributed by atoms with Crippen molar-refractivity contribution in [2.45, 2.75) is 0 Å². The third-order valence-electron chi connectivity index (χ3n) is 7.28. The first-order valence-electron chi connectivity index (χ1n) is 13.3. The van der Waals surface area contributed by atoms with E-state index in [9.17, 15) is 4.79 Å². The van der Waals surface area contributed by atoms with Gasteiger partial charge in [0.1, 0.15) is 5.75 Å². The molecule has 2 N–H and O–H groups in total. The van der Waals surface area contributed by atoms with Crippen LogP contribution in [0.5, 0.6) is 5.75 Å². The van der Waals surface area contributed by atoms with E-state index in [1.807, 2.05) is 30.3 Å². The second kappa shape index (κ2) is 12.5. The molecule has 0 unspecified atom stereocenters. The van der Waals surface area contributed by atoms with Crippen LogP contribution in [0.1, 0.15) is 0 Å². The average Bonchev–Trinajstić information content (AvgIpc) is 2.97. The summed E-state index contributed by atoms with van der Waals surface area (Å²) in [6.45, 7) is 9.98. The number of carbonyl (C=O) groups is 1. The summed E-state index contributed by atoms with van der Waals surface area (Å²) in [5, 5.41) is 8.08. The predicted octanol–water partition coefficient (Wildman–Crippen LogP) is 2.24. The quantitative estimate of drug-likeness (QED) is 0.441. The van der Waals surface area contributed by atoms with Crippen LogP contribution in [0.2, 0.25) is 0 Å². The van der Waals surface area contributed by atoms with Gasteiger partial charge in [-0.15, -0.1) is 0 Å². The number of anilines is 2. The minimum Gasteiger partial charge on any atom is -0.497 e. The molecule has 2 aliphatic heterocycles. The SMILES string of the molecule is CNc1nccc(-c2cc(NC(=O)CN3CCN(CCN4CCOCC4)CC3)c3cc(OC)ccc3c2)n1. The minimum absolute atomic E-state index is 0.0216. The lowest BCUT2D eigenvalue weighted by Gasteiger charge is -2.36. The summed E-state index contributed by atoms with van der Waals surface area (Å²) in [4.78, 5) is 29.2. The molecule has 0 radical (unpaired) electrons. The maximum atomic E-state index is 13.2. The topological polar surface area (TPSA) is 95.1 Å². The monoisotopic (exact) mass is 519 g/mol. The molecule has 10 nitrogen and oxygen atoms in total. The van der Waals surface area contributed by atoms with E-state index >= 15 is 0 Å². The van der Waals surface area contributed by atoms with Gasteiger partial charge in [0, 0.05) is 82.2 Å². The van der Waals surface area contributed by atoms with Gasteiger partial charge in [-0.2, -0.15) is 0 Å². The number of piperazine rings is 1. The summed E-state index contributed by atoms with van der Waals surface area (Å²) in [5.41, 5.74) is 2.44. The van der Waals surface area contributed by atoms with E-state index in [-0.39, 0.29) is 5.91 Å².